The van der Waals surface area contributed by atoms with Crippen LogP contribution in [0.3, 0.4) is 0 Å². The van der Waals surface area contributed by atoms with Gasteiger partial charge in [0.1, 0.15) is 5.82 Å². The highest BCUT2D eigenvalue weighted by molar-refractivity contribution is 5.26. The average Bonchev–Trinajstić information content (AvgIpc) is 2.43. The maximum atomic E-state index is 13.3. The van der Waals surface area contributed by atoms with Gasteiger partial charge < -0.3 is 5.32 Å². The molecule has 1 aromatic carbocycles. The van der Waals surface area contributed by atoms with Crippen LogP contribution in [0.4, 0.5) is 4.39 Å². The van der Waals surface area contributed by atoms with Crippen molar-refractivity contribution in [2.75, 3.05) is 19.6 Å². The molecule has 1 N–H and O–H groups in total. The summed E-state index contributed by atoms with van der Waals surface area (Å²) in [6.07, 6.45) is 3.89. The summed E-state index contributed by atoms with van der Waals surface area (Å²) in [5.74, 6) is -0.132. The summed E-state index contributed by atoms with van der Waals surface area (Å²) < 4.78 is 13.3. The van der Waals surface area contributed by atoms with Crippen molar-refractivity contribution >= 4 is 0 Å². The maximum absolute atomic E-state index is 13.3. The molecular weight excluding hydrogens is 239 g/mol. The molecule has 1 unspecified atom stereocenters. The van der Waals surface area contributed by atoms with Gasteiger partial charge in [0.05, 0.1) is 0 Å². The molecule has 1 aromatic rings. The van der Waals surface area contributed by atoms with Gasteiger partial charge in [-0.25, -0.2) is 4.39 Å². The van der Waals surface area contributed by atoms with E-state index in [0.29, 0.717) is 6.04 Å². The molecule has 1 aliphatic heterocycles. The highest BCUT2D eigenvalue weighted by atomic mass is 19.1. The molecule has 106 valence electrons. The molecule has 0 bridgehead atoms. The van der Waals surface area contributed by atoms with Crippen molar-refractivity contribution < 1.29 is 4.39 Å². The Kier molecular flexibility index (Phi) is 5.34. The van der Waals surface area contributed by atoms with Gasteiger partial charge in [-0.05, 0) is 56.1 Å². The first kappa shape index (κ1) is 14.5. The van der Waals surface area contributed by atoms with Crippen molar-refractivity contribution in [1.29, 1.82) is 0 Å². The van der Waals surface area contributed by atoms with Crippen LogP contribution in [0.2, 0.25) is 0 Å². The van der Waals surface area contributed by atoms with Gasteiger partial charge in [-0.15, -0.1) is 0 Å². The third-order valence-corrected chi connectivity index (χ3v) is 4.04. The molecule has 2 nitrogen and oxygen atoms in total. The lowest BCUT2D eigenvalue weighted by molar-refractivity contribution is 0.226. The van der Waals surface area contributed by atoms with Crippen LogP contribution in [0.25, 0.3) is 0 Å². The largest absolute Gasteiger partial charge is 0.313 e. The first-order valence-corrected chi connectivity index (χ1v) is 7.40. The second-order valence-electron chi connectivity index (χ2n) is 5.55. The van der Waals surface area contributed by atoms with E-state index in [1.54, 1.807) is 6.07 Å². The molecule has 0 aromatic heterocycles. The lowest BCUT2D eigenvalue weighted by Gasteiger charge is -2.30. The fourth-order valence-electron chi connectivity index (χ4n) is 2.75. The van der Waals surface area contributed by atoms with Crippen LogP contribution in [0.1, 0.15) is 37.3 Å². The minimum absolute atomic E-state index is 0.132. The van der Waals surface area contributed by atoms with Crippen molar-refractivity contribution in [1.82, 2.24) is 10.2 Å². The van der Waals surface area contributed by atoms with Crippen LogP contribution in [0.5, 0.6) is 0 Å². The molecule has 1 fully saturated rings. The van der Waals surface area contributed by atoms with Gasteiger partial charge in [0, 0.05) is 19.1 Å². The molecule has 1 heterocycles. The van der Waals surface area contributed by atoms with E-state index >= 15 is 0 Å². The molecule has 19 heavy (non-hydrogen) atoms. The van der Waals surface area contributed by atoms with Gasteiger partial charge in [0.15, 0.2) is 0 Å². The molecular formula is C16H25FN2. The average molecular weight is 264 g/mol. The number of halogens is 1. The molecule has 0 amide bonds. The van der Waals surface area contributed by atoms with E-state index in [0.717, 1.165) is 31.7 Å². The van der Waals surface area contributed by atoms with Crippen molar-refractivity contribution in [2.24, 2.45) is 0 Å². The van der Waals surface area contributed by atoms with E-state index in [1.165, 1.54) is 30.9 Å². The van der Waals surface area contributed by atoms with Crippen LogP contribution >= 0.6 is 0 Å². The summed E-state index contributed by atoms with van der Waals surface area (Å²) >= 11 is 0. The number of likely N-dealkylation sites (N-methyl/N-ethyl adjacent to an activating group) is 1. The third-order valence-electron chi connectivity index (χ3n) is 4.04. The van der Waals surface area contributed by atoms with Gasteiger partial charge in [-0.3, -0.25) is 4.90 Å². The van der Waals surface area contributed by atoms with Crippen molar-refractivity contribution in [3.8, 4) is 0 Å². The summed E-state index contributed by atoms with van der Waals surface area (Å²) in [5, 5.41) is 3.58. The molecule has 0 radical (unpaired) electrons. The quantitative estimate of drug-likeness (QED) is 0.879. The molecule has 0 saturated carbocycles. The van der Waals surface area contributed by atoms with E-state index in [2.05, 4.69) is 24.1 Å². The Morgan fingerprint density at radius 1 is 1.37 bits per heavy atom. The van der Waals surface area contributed by atoms with E-state index in [-0.39, 0.29) is 5.82 Å². The maximum Gasteiger partial charge on any atom is 0.123 e. The number of nitrogens with zero attached hydrogens (tertiary/aromatic N) is 1. The fourth-order valence-corrected chi connectivity index (χ4v) is 2.75. The summed E-state index contributed by atoms with van der Waals surface area (Å²) in [5.41, 5.74) is 2.29. The number of hydrogen-bond acceptors (Lipinski definition) is 2. The zero-order chi connectivity index (χ0) is 13.7. The summed E-state index contributed by atoms with van der Waals surface area (Å²) in [7, 11) is 0. The lowest BCUT2D eigenvalue weighted by Crippen LogP contribution is -2.43. The molecule has 2 rings (SSSR count). The molecule has 1 atom stereocenters. The zero-order valence-electron chi connectivity index (χ0n) is 12.1. The lowest BCUT2D eigenvalue weighted by atomic mass is 10.0. The Balaban J connectivity index is 1.95. The van der Waals surface area contributed by atoms with Crippen LogP contribution in [0, 0.1) is 12.7 Å². The van der Waals surface area contributed by atoms with E-state index < -0.39 is 0 Å². The Morgan fingerprint density at radius 2 is 2.21 bits per heavy atom. The third kappa shape index (κ3) is 4.29. The summed E-state index contributed by atoms with van der Waals surface area (Å²) in [4.78, 5) is 2.41. The van der Waals surface area contributed by atoms with Crippen LogP contribution in [0.15, 0.2) is 18.2 Å². The van der Waals surface area contributed by atoms with Crippen molar-refractivity contribution in [3.63, 3.8) is 0 Å². The first-order chi connectivity index (χ1) is 9.19. The van der Waals surface area contributed by atoms with E-state index in [9.17, 15) is 4.39 Å². The number of rotatable bonds is 5. The van der Waals surface area contributed by atoms with Crippen LogP contribution in [-0.2, 0) is 6.54 Å². The predicted molar refractivity (Wildman–Crippen MR) is 77.7 cm³/mol. The Bertz CT molecular complexity index is 400. The van der Waals surface area contributed by atoms with Crippen LogP contribution < -0.4 is 5.32 Å². The molecule has 0 aliphatic carbocycles. The number of benzene rings is 1. The summed E-state index contributed by atoms with van der Waals surface area (Å²) in [6.45, 7) is 8.29. The van der Waals surface area contributed by atoms with Gasteiger partial charge >= 0.3 is 0 Å². The minimum atomic E-state index is -0.132. The highest BCUT2D eigenvalue weighted by Crippen LogP contribution is 2.15. The predicted octanol–water partition coefficient (Wildman–Crippen LogP) is 3.10. The number of nitrogens with one attached hydrogen (secondary N) is 1. The van der Waals surface area contributed by atoms with E-state index in [4.69, 9.17) is 0 Å². The van der Waals surface area contributed by atoms with Crippen molar-refractivity contribution in [3.05, 3.63) is 35.1 Å². The zero-order valence-corrected chi connectivity index (χ0v) is 12.1. The number of piperidine rings is 1. The Hall–Kier alpha value is -0.930. The molecule has 0 spiro atoms. The van der Waals surface area contributed by atoms with Crippen LogP contribution in [-0.4, -0.2) is 30.6 Å². The van der Waals surface area contributed by atoms with E-state index in [1.807, 2.05) is 6.07 Å². The summed E-state index contributed by atoms with van der Waals surface area (Å²) in [6, 6.07) is 5.68. The second-order valence-corrected chi connectivity index (χ2v) is 5.55. The molecule has 1 aliphatic rings. The molecule has 1 saturated heterocycles. The Morgan fingerprint density at radius 3 is 2.89 bits per heavy atom. The first-order valence-electron chi connectivity index (χ1n) is 7.40. The standard InChI is InChI=1S/C16H25FN2/c1-3-19(12-16-6-4-5-9-18-16)11-14-10-15(17)8-7-13(14)2/h7-8,10,16,18H,3-6,9,11-12H2,1-2H3. The smallest absolute Gasteiger partial charge is 0.123 e. The monoisotopic (exact) mass is 264 g/mol. The Labute approximate surface area is 116 Å². The minimum Gasteiger partial charge on any atom is -0.313 e. The number of aryl methyl sites for hydroxylation is 1. The van der Waals surface area contributed by atoms with Gasteiger partial charge in [0.25, 0.3) is 0 Å². The van der Waals surface area contributed by atoms with Gasteiger partial charge in [-0.2, -0.15) is 0 Å². The molecule has 3 heteroatoms. The normalized spacial score (nSPS) is 19.9. The van der Waals surface area contributed by atoms with Gasteiger partial charge in [0.2, 0.25) is 0 Å². The fraction of sp³-hybridized carbons (Fsp3) is 0.625. The topological polar surface area (TPSA) is 15.3 Å². The highest BCUT2D eigenvalue weighted by Gasteiger charge is 2.16. The number of hydrogen-bond donors (Lipinski definition) is 1. The SMILES string of the molecule is CCN(Cc1cc(F)ccc1C)CC1CCCCN1. The second kappa shape index (κ2) is 7.01. The van der Waals surface area contributed by atoms with Crippen molar-refractivity contribution in [2.45, 2.75) is 45.7 Å². The van der Waals surface area contributed by atoms with Gasteiger partial charge in [-0.1, -0.05) is 19.4 Å².